The fourth-order valence-corrected chi connectivity index (χ4v) is 1.76. The van der Waals surface area contributed by atoms with Crippen molar-refractivity contribution in [2.45, 2.75) is 30.6 Å². The number of benzene rings is 1. The lowest BCUT2D eigenvalue weighted by Gasteiger charge is -2.17. The van der Waals surface area contributed by atoms with Gasteiger partial charge in [-0.25, -0.2) is 0 Å². The summed E-state index contributed by atoms with van der Waals surface area (Å²) in [5.41, 5.74) is -2.83. The molecule has 7 heteroatoms. The lowest BCUT2D eigenvalue weighted by atomic mass is 10.0. The van der Waals surface area contributed by atoms with Gasteiger partial charge in [0, 0.05) is 4.90 Å². The van der Waals surface area contributed by atoms with E-state index in [4.69, 9.17) is 0 Å². The maximum absolute atomic E-state index is 12.5. The average Bonchev–Trinajstić information content (AvgIpc) is 2.13. The van der Waals surface area contributed by atoms with Crippen molar-refractivity contribution in [1.82, 2.24) is 0 Å². The summed E-state index contributed by atoms with van der Waals surface area (Å²) in [5.74, 6) is 0. The van der Waals surface area contributed by atoms with Crippen LogP contribution in [-0.2, 0) is 18.8 Å². The molecule has 1 aromatic carbocycles. The van der Waals surface area contributed by atoms with Crippen LogP contribution in [0.2, 0.25) is 0 Å². The minimum Gasteiger partial charge on any atom is -0.166 e. The van der Waals surface area contributed by atoms with E-state index in [1.807, 2.05) is 0 Å². The summed E-state index contributed by atoms with van der Waals surface area (Å²) in [7, 11) is 0. The standard InChI is InChI=1S/C10H8F6S/c1-2-5-3-8(17)7(10(14,15)16)4-6(5)9(11,12)13/h3-4,17H,2H2,1H3. The van der Waals surface area contributed by atoms with E-state index in [0.717, 1.165) is 6.07 Å². The van der Waals surface area contributed by atoms with Crippen LogP contribution < -0.4 is 0 Å². The number of thiol groups is 1. The number of alkyl halides is 6. The first-order chi connectivity index (χ1) is 7.57. The van der Waals surface area contributed by atoms with Gasteiger partial charge in [0.15, 0.2) is 0 Å². The van der Waals surface area contributed by atoms with Gasteiger partial charge in [-0.1, -0.05) is 6.92 Å². The van der Waals surface area contributed by atoms with Gasteiger partial charge in [0.2, 0.25) is 0 Å². The molecule has 0 aliphatic rings. The highest BCUT2D eigenvalue weighted by Gasteiger charge is 2.39. The molecule has 0 saturated carbocycles. The first-order valence-electron chi connectivity index (χ1n) is 4.57. The molecule has 0 N–H and O–H groups in total. The zero-order valence-electron chi connectivity index (χ0n) is 8.58. The zero-order chi connectivity index (χ0) is 13.4. The molecule has 0 aliphatic heterocycles. The van der Waals surface area contributed by atoms with Gasteiger partial charge in [-0.15, -0.1) is 12.6 Å². The van der Waals surface area contributed by atoms with E-state index in [1.54, 1.807) is 0 Å². The topological polar surface area (TPSA) is 0 Å². The molecule has 0 amide bonds. The Balaban J connectivity index is 3.49. The van der Waals surface area contributed by atoms with Gasteiger partial charge in [0.05, 0.1) is 11.1 Å². The van der Waals surface area contributed by atoms with Crippen molar-refractivity contribution in [1.29, 1.82) is 0 Å². The Morgan fingerprint density at radius 1 is 0.941 bits per heavy atom. The molecule has 0 radical (unpaired) electrons. The Hall–Kier alpha value is -0.850. The fraction of sp³-hybridized carbons (Fsp3) is 0.400. The fourth-order valence-electron chi connectivity index (χ4n) is 1.41. The first kappa shape index (κ1) is 14.2. The molecule has 1 aromatic rings. The molecule has 96 valence electrons. The molecule has 0 heterocycles. The molecular formula is C10H8F6S. The molecule has 0 fully saturated rings. The summed E-state index contributed by atoms with van der Waals surface area (Å²) < 4.78 is 74.9. The third kappa shape index (κ3) is 3.08. The van der Waals surface area contributed by atoms with Crippen LogP contribution in [0.5, 0.6) is 0 Å². The van der Waals surface area contributed by atoms with Crippen LogP contribution in [0, 0.1) is 0 Å². The molecule has 17 heavy (non-hydrogen) atoms. The number of hydrogen-bond acceptors (Lipinski definition) is 1. The third-order valence-electron chi connectivity index (χ3n) is 2.21. The van der Waals surface area contributed by atoms with E-state index < -0.39 is 28.4 Å². The summed E-state index contributed by atoms with van der Waals surface area (Å²) in [6.45, 7) is 1.44. The van der Waals surface area contributed by atoms with Gasteiger partial charge >= 0.3 is 12.4 Å². The van der Waals surface area contributed by atoms with Gasteiger partial charge in [-0.2, -0.15) is 26.3 Å². The lowest BCUT2D eigenvalue weighted by Crippen LogP contribution is -2.14. The molecular weight excluding hydrogens is 266 g/mol. The van der Waals surface area contributed by atoms with Crippen LogP contribution in [0.25, 0.3) is 0 Å². The average molecular weight is 274 g/mol. The number of rotatable bonds is 1. The summed E-state index contributed by atoms with van der Waals surface area (Å²) in [6.07, 6.45) is -9.66. The van der Waals surface area contributed by atoms with Crippen molar-refractivity contribution in [2.75, 3.05) is 0 Å². The molecule has 0 atom stereocenters. The highest BCUT2D eigenvalue weighted by Crippen LogP contribution is 2.40. The number of aryl methyl sites for hydroxylation is 1. The lowest BCUT2D eigenvalue weighted by molar-refractivity contribution is -0.144. The second-order valence-electron chi connectivity index (χ2n) is 3.38. The minimum atomic E-state index is -4.84. The monoisotopic (exact) mass is 274 g/mol. The third-order valence-corrected chi connectivity index (χ3v) is 2.58. The van der Waals surface area contributed by atoms with Gasteiger partial charge in [0.25, 0.3) is 0 Å². The van der Waals surface area contributed by atoms with Crippen LogP contribution in [-0.4, -0.2) is 0 Å². The normalized spacial score (nSPS) is 12.9. The number of hydrogen-bond donors (Lipinski definition) is 1. The maximum atomic E-state index is 12.5. The van der Waals surface area contributed by atoms with E-state index >= 15 is 0 Å². The predicted octanol–water partition coefficient (Wildman–Crippen LogP) is 4.58. The molecule has 0 bridgehead atoms. The largest absolute Gasteiger partial charge is 0.417 e. The van der Waals surface area contributed by atoms with E-state index in [1.165, 1.54) is 6.92 Å². The summed E-state index contributed by atoms with van der Waals surface area (Å²) in [5, 5.41) is 0. The molecule has 1 rings (SSSR count). The Kier molecular flexibility index (Phi) is 3.71. The number of halogens is 6. The molecule has 0 saturated heterocycles. The van der Waals surface area contributed by atoms with Gasteiger partial charge in [-0.3, -0.25) is 0 Å². The predicted molar refractivity (Wildman–Crippen MR) is 53.1 cm³/mol. The second kappa shape index (κ2) is 4.44. The van der Waals surface area contributed by atoms with Gasteiger partial charge in [-0.05, 0) is 24.1 Å². The Bertz CT molecular complexity index is 418. The highest BCUT2D eigenvalue weighted by atomic mass is 32.1. The summed E-state index contributed by atoms with van der Waals surface area (Å²) >= 11 is 3.57. The molecule has 0 spiro atoms. The van der Waals surface area contributed by atoms with Crippen molar-refractivity contribution in [3.63, 3.8) is 0 Å². The van der Waals surface area contributed by atoms with Crippen molar-refractivity contribution < 1.29 is 26.3 Å². The van der Waals surface area contributed by atoms with Crippen molar-refractivity contribution in [2.24, 2.45) is 0 Å². The van der Waals surface area contributed by atoms with Crippen LogP contribution in [0.1, 0.15) is 23.6 Å². The van der Waals surface area contributed by atoms with Gasteiger partial charge < -0.3 is 0 Å². The van der Waals surface area contributed by atoms with Crippen LogP contribution in [0.3, 0.4) is 0 Å². The van der Waals surface area contributed by atoms with Crippen LogP contribution in [0.4, 0.5) is 26.3 Å². The molecule has 0 aromatic heterocycles. The van der Waals surface area contributed by atoms with Crippen molar-refractivity contribution >= 4 is 12.6 Å². The van der Waals surface area contributed by atoms with Gasteiger partial charge in [0.1, 0.15) is 0 Å². The Morgan fingerprint density at radius 3 is 1.76 bits per heavy atom. The Labute approximate surface area is 99.0 Å². The maximum Gasteiger partial charge on any atom is 0.417 e. The second-order valence-corrected chi connectivity index (χ2v) is 3.86. The highest BCUT2D eigenvalue weighted by molar-refractivity contribution is 7.80. The molecule has 0 aliphatic carbocycles. The van der Waals surface area contributed by atoms with E-state index in [0.29, 0.717) is 0 Å². The van der Waals surface area contributed by atoms with E-state index in [-0.39, 0.29) is 18.1 Å². The first-order valence-corrected chi connectivity index (χ1v) is 5.02. The minimum absolute atomic E-state index is 0.0134. The molecule has 0 nitrogen and oxygen atoms in total. The van der Waals surface area contributed by atoms with E-state index in [2.05, 4.69) is 12.6 Å². The smallest absolute Gasteiger partial charge is 0.166 e. The quantitative estimate of drug-likeness (QED) is 0.562. The van der Waals surface area contributed by atoms with Crippen LogP contribution >= 0.6 is 12.6 Å². The Morgan fingerprint density at radius 2 is 1.41 bits per heavy atom. The summed E-state index contributed by atoms with van der Waals surface area (Å²) in [6, 6.07) is 0.927. The van der Waals surface area contributed by atoms with Crippen molar-refractivity contribution in [3.05, 3.63) is 28.8 Å². The molecule has 0 unspecified atom stereocenters. The van der Waals surface area contributed by atoms with Crippen LogP contribution in [0.15, 0.2) is 17.0 Å². The summed E-state index contributed by atoms with van der Waals surface area (Å²) in [4.78, 5) is -0.498. The SMILES string of the molecule is CCc1cc(S)c(C(F)(F)F)cc1C(F)(F)F. The van der Waals surface area contributed by atoms with Crippen molar-refractivity contribution in [3.8, 4) is 0 Å². The van der Waals surface area contributed by atoms with E-state index in [9.17, 15) is 26.3 Å². The zero-order valence-corrected chi connectivity index (χ0v) is 9.47.